The Labute approximate surface area is 222 Å². The number of aliphatic hydroxyl groups excluding tert-OH is 1. The Morgan fingerprint density at radius 1 is 1.11 bits per heavy atom. The molecular weight excluding hydrogens is 444 g/mol. The summed E-state index contributed by atoms with van der Waals surface area (Å²) in [4.78, 5) is 12.4. The van der Waals surface area contributed by atoms with E-state index in [0.717, 1.165) is 25.7 Å². The minimum atomic E-state index is -0.136. The van der Waals surface area contributed by atoms with Gasteiger partial charge in [-0.25, -0.2) is 0 Å². The van der Waals surface area contributed by atoms with E-state index in [1.54, 1.807) is 6.92 Å². The summed E-state index contributed by atoms with van der Waals surface area (Å²) in [5.41, 5.74) is 0.658. The van der Waals surface area contributed by atoms with Crippen LogP contribution in [-0.4, -0.2) is 23.3 Å². The highest BCUT2D eigenvalue weighted by atomic mass is 16.5. The summed E-state index contributed by atoms with van der Waals surface area (Å²) < 4.78 is 6.22. The zero-order chi connectivity index (χ0) is 26.7. The normalized spacial score (nSPS) is 47.9. The van der Waals surface area contributed by atoms with E-state index in [-0.39, 0.29) is 34.4 Å². The molecule has 0 radical (unpaired) electrons. The fourth-order valence-electron chi connectivity index (χ4n) is 10.9. The fourth-order valence-corrected chi connectivity index (χ4v) is 10.9. The van der Waals surface area contributed by atoms with Crippen LogP contribution in [-0.2, 0) is 9.53 Å². The van der Waals surface area contributed by atoms with Gasteiger partial charge < -0.3 is 9.84 Å². The molecule has 0 saturated heterocycles. The molecule has 0 aromatic carbocycles. The smallest absolute Gasteiger partial charge is 0.302 e. The number of ether oxygens (including phenoxy) is 1. The maximum absolute atomic E-state index is 12.4. The number of aliphatic hydroxyl groups is 1. The van der Waals surface area contributed by atoms with Crippen molar-refractivity contribution in [3.63, 3.8) is 0 Å². The summed E-state index contributed by atoms with van der Waals surface area (Å²) in [7, 11) is 0. The average molecular weight is 501 g/mol. The number of carbonyl (C=O) groups excluding carboxylic acids is 1. The minimum Gasteiger partial charge on any atom is -0.462 e. The van der Waals surface area contributed by atoms with Gasteiger partial charge in [0.25, 0.3) is 0 Å². The van der Waals surface area contributed by atoms with Gasteiger partial charge in [0, 0.05) is 12.8 Å². The summed E-state index contributed by atoms with van der Waals surface area (Å²) in [6.45, 7) is 23.0. The van der Waals surface area contributed by atoms with Gasteiger partial charge in [0.2, 0.25) is 0 Å². The van der Waals surface area contributed by atoms with Crippen LogP contribution < -0.4 is 0 Å². The van der Waals surface area contributed by atoms with Crippen LogP contribution in [0.3, 0.4) is 0 Å². The molecule has 4 fully saturated rings. The van der Waals surface area contributed by atoms with Gasteiger partial charge in [0.05, 0.1) is 6.10 Å². The van der Waals surface area contributed by atoms with E-state index in [4.69, 9.17) is 4.74 Å². The lowest BCUT2D eigenvalue weighted by molar-refractivity contribution is -0.204. The fraction of sp³-hybridized carbons (Fsp3) is 0.909. The Kier molecular flexibility index (Phi) is 7.62. The number of carbonyl (C=O) groups is 1. The van der Waals surface area contributed by atoms with Crippen molar-refractivity contribution < 1.29 is 14.6 Å². The van der Waals surface area contributed by atoms with Gasteiger partial charge in [-0.1, -0.05) is 67.4 Å². The molecule has 3 nitrogen and oxygen atoms in total. The molecule has 0 aromatic rings. The largest absolute Gasteiger partial charge is 0.462 e. The second kappa shape index (κ2) is 9.73. The first-order chi connectivity index (χ1) is 16.7. The zero-order valence-corrected chi connectivity index (χ0v) is 24.7. The number of hydrogen-bond acceptors (Lipinski definition) is 3. The molecule has 0 aromatic heterocycles. The van der Waals surface area contributed by atoms with E-state index in [0.29, 0.717) is 40.9 Å². The van der Waals surface area contributed by atoms with Crippen LogP contribution in [0.25, 0.3) is 0 Å². The van der Waals surface area contributed by atoms with Gasteiger partial charge in [-0.15, -0.1) is 6.58 Å². The van der Waals surface area contributed by atoms with Crippen LogP contribution in [0.5, 0.6) is 0 Å². The van der Waals surface area contributed by atoms with E-state index in [1.165, 1.54) is 38.5 Å². The second-order valence-corrected chi connectivity index (χ2v) is 15.1. The van der Waals surface area contributed by atoms with E-state index >= 15 is 0 Å². The standard InChI is InChI=1S/C33H56O3/c1-10-30(6,17-11-12-21(2)3)29-25-13-14-28-31(7)18-16-26(35)22(4)24(31)15-19-32(28,8)33(25,9)20-27(29)36-23(5)34/h10,21-22,24-29,35H,1,11-20H2,2-9H3/t22-,24?,25?,26-,27?,28?,29-,30?,31?,32-,33?/m0/s1. The van der Waals surface area contributed by atoms with E-state index in [9.17, 15) is 9.90 Å². The van der Waals surface area contributed by atoms with Gasteiger partial charge in [-0.05, 0) is 103 Å². The van der Waals surface area contributed by atoms with E-state index < -0.39 is 0 Å². The SMILES string of the molecule is C=CC(C)(CCCC(C)C)[C@@H]1C(OC(C)=O)CC2(C)C1CCC1C3(C)CC[C@H](O)[C@@H](C)C3CC[C@@]12C. The topological polar surface area (TPSA) is 46.5 Å². The van der Waals surface area contributed by atoms with Crippen molar-refractivity contribution in [1.29, 1.82) is 0 Å². The highest BCUT2D eigenvalue weighted by molar-refractivity contribution is 5.66. The van der Waals surface area contributed by atoms with Crippen LogP contribution >= 0.6 is 0 Å². The maximum Gasteiger partial charge on any atom is 0.302 e. The molecule has 36 heavy (non-hydrogen) atoms. The lowest BCUT2D eigenvalue weighted by Crippen LogP contribution is -2.62. The Bertz CT molecular complexity index is 835. The van der Waals surface area contributed by atoms with Crippen molar-refractivity contribution in [1.82, 2.24) is 0 Å². The Balaban J connectivity index is 1.70. The van der Waals surface area contributed by atoms with Gasteiger partial charge in [-0.3, -0.25) is 4.79 Å². The van der Waals surface area contributed by atoms with Gasteiger partial charge >= 0.3 is 5.97 Å². The number of esters is 1. The third kappa shape index (κ3) is 4.22. The molecule has 0 spiro atoms. The predicted molar refractivity (Wildman–Crippen MR) is 148 cm³/mol. The van der Waals surface area contributed by atoms with Crippen LogP contribution in [0.1, 0.15) is 120 Å². The highest BCUT2D eigenvalue weighted by Crippen LogP contribution is 2.75. The molecule has 4 aliphatic carbocycles. The lowest BCUT2D eigenvalue weighted by Gasteiger charge is -2.68. The van der Waals surface area contributed by atoms with Crippen molar-refractivity contribution in [2.24, 2.45) is 57.2 Å². The molecule has 0 bridgehead atoms. The summed E-state index contributed by atoms with van der Waals surface area (Å²) in [6, 6.07) is 0. The van der Waals surface area contributed by atoms with Crippen molar-refractivity contribution in [2.75, 3.05) is 0 Å². The maximum atomic E-state index is 12.4. The molecule has 1 N–H and O–H groups in total. The number of rotatable bonds is 7. The van der Waals surface area contributed by atoms with Crippen LogP contribution in [0.15, 0.2) is 12.7 Å². The number of hydrogen-bond donors (Lipinski definition) is 1. The zero-order valence-electron chi connectivity index (χ0n) is 24.7. The van der Waals surface area contributed by atoms with Gasteiger partial charge in [-0.2, -0.15) is 0 Å². The molecule has 4 aliphatic rings. The summed E-state index contributed by atoms with van der Waals surface area (Å²) in [5.74, 6) is 3.16. The van der Waals surface area contributed by atoms with Crippen molar-refractivity contribution in [3.8, 4) is 0 Å². The monoisotopic (exact) mass is 500 g/mol. The first-order valence-corrected chi connectivity index (χ1v) is 15.2. The summed E-state index contributed by atoms with van der Waals surface area (Å²) in [5, 5.41) is 10.7. The molecule has 4 rings (SSSR count). The van der Waals surface area contributed by atoms with Crippen molar-refractivity contribution >= 4 is 5.97 Å². The van der Waals surface area contributed by atoms with Gasteiger partial charge in [0.1, 0.15) is 6.10 Å². The predicted octanol–water partition coefficient (Wildman–Crippen LogP) is 8.20. The summed E-state index contributed by atoms with van der Waals surface area (Å²) >= 11 is 0. The molecule has 4 saturated carbocycles. The molecule has 0 aliphatic heterocycles. The first kappa shape index (κ1) is 28.2. The Hall–Kier alpha value is -0.830. The van der Waals surface area contributed by atoms with E-state index in [2.05, 4.69) is 61.1 Å². The van der Waals surface area contributed by atoms with Crippen LogP contribution in [0.4, 0.5) is 0 Å². The molecule has 11 atom stereocenters. The summed E-state index contributed by atoms with van der Waals surface area (Å²) in [6.07, 6.45) is 13.7. The Morgan fingerprint density at radius 2 is 1.81 bits per heavy atom. The molecule has 3 heteroatoms. The minimum absolute atomic E-state index is 0.0206. The van der Waals surface area contributed by atoms with Gasteiger partial charge in [0.15, 0.2) is 0 Å². The van der Waals surface area contributed by atoms with Crippen LogP contribution in [0.2, 0.25) is 0 Å². The average Bonchev–Trinajstić information content (AvgIpc) is 3.09. The van der Waals surface area contributed by atoms with Crippen molar-refractivity contribution in [2.45, 2.75) is 132 Å². The Morgan fingerprint density at radius 3 is 2.42 bits per heavy atom. The molecule has 206 valence electrons. The first-order valence-electron chi connectivity index (χ1n) is 15.2. The molecular formula is C33H56O3. The third-order valence-electron chi connectivity index (χ3n) is 13.0. The number of allylic oxidation sites excluding steroid dienone is 1. The molecule has 0 amide bonds. The second-order valence-electron chi connectivity index (χ2n) is 15.1. The molecule has 0 heterocycles. The lowest BCUT2D eigenvalue weighted by atomic mass is 9.36. The third-order valence-corrected chi connectivity index (χ3v) is 13.0. The number of fused-ring (bicyclic) bond motifs is 5. The quantitative estimate of drug-likeness (QED) is 0.283. The highest BCUT2D eigenvalue weighted by Gasteiger charge is 2.70. The van der Waals surface area contributed by atoms with Crippen LogP contribution in [0, 0.1) is 57.2 Å². The molecule has 7 unspecified atom stereocenters. The van der Waals surface area contributed by atoms with E-state index in [1.807, 2.05) is 0 Å². The van der Waals surface area contributed by atoms with Crippen molar-refractivity contribution in [3.05, 3.63) is 12.7 Å².